The summed E-state index contributed by atoms with van der Waals surface area (Å²) in [6, 6.07) is 0.794. The number of hydrogen-bond acceptors (Lipinski definition) is 3. The van der Waals surface area contributed by atoms with Gasteiger partial charge in [-0.3, -0.25) is 4.90 Å². The molecule has 0 bridgehead atoms. The van der Waals surface area contributed by atoms with Crippen LogP contribution in [-0.4, -0.2) is 60.3 Å². The highest BCUT2D eigenvalue weighted by molar-refractivity contribution is 4.82. The number of hydrogen-bond donors (Lipinski definition) is 1. The molecule has 0 radical (unpaired) electrons. The fraction of sp³-hybridized carbons (Fsp3) is 1.00. The van der Waals surface area contributed by atoms with Gasteiger partial charge in [0, 0.05) is 19.2 Å². The molecule has 0 aliphatic carbocycles. The van der Waals surface area contributed by atoms with Crippen LogP contribution in [0, 0.1) is 0 Å². The lowest BCUT2D eigenvalue weighted by atomic mass is 10.2. The molecule has 1 aliphatic rings. The summed E-state index contributed by atoms with van der Waals surface area (Å²) in [6.07, 6.45) is 6.07. The van der Waals surface area contributed by atoms with Crippen LogP contribution in [0.25, 0.3) is 0 Å². The van der Waals surface area contributed by atoms with Crippen LogP contribution < -0.4 is 0 Å². The molecule has 1 atom stereocenters. The van der Waals surface area contributed by atoms with Gasteiger partial charge in [-0.2, -0.15) is 0 Å². The lowest BCUT2D eigenvalue weighted by Gasteiger charge is -2.26. The SMILES string of the molecule is CCN(CC)C1CCN(CCCCCCO)C1. The van der Waals surface area contributed by atoms with Gasteiger partial charge in [0.15, 0.2) is 0 Å². The van der Waals surface area contributed by atoms with Crippen molar-refractivity contribution in [3.05, 3.63) is 0 Å². The van der Waals surface area contributed by atoms with Gasteiger partial charge in [0.2, 0.25) is 0 Å². The van der Waals surface area contributed by atoms with Crippen molar-refractivity contribution in [3.8, 4) is 0 Å². The Bertz CT molecular complexity index is 183. The minimum atomic E-state index is 0.355. The summed E-state index contributed by atoms with van der Waals surface area (Å²) in [5.41, 5.74) is 0. The summed E-state index contributed by atoms with van der Waals surface area (Å²) in [6.45, 7) is 11.1. The Morgan fingerprint density at radius 3 is 2.47 bits per heavy atom. The average molecular weight is 242 g/mol. The van der Waals surface area contributed by atoms with Crippen molar-refractivity contribution in [2.75, 3.05) is 39.3 Å². The molecule has 1 unspecified atom stereocenters. The smallest absolute Gasteiger partial charge is 0.0431 e. The van der Waals surface area contributed by atoms with Gasteiger partial charge in [-0.05, 0) is 45.4 Å². The molecule has 1 aliphatic heterocycles. The average Bonchev–Trinajstić information content (AvgIpc) is 2.79. The van der Waals surface area contributed by atoms with Crippen LogP contribution in [0.2, 0.25) is 0 Å². The predicted octanol–water partition coefficient (Wildman–Crippen LogP) is 1.96. The first-order chi connectivity index (χ1) is 8.31. The lowest BCUT2D eigenvalue weighted by molar-refractivity contribution is 0.209. The molecule has 3 nitrogen and oxygen atoms in total. The molecule has 1 saturated heterocycles. The van der Waals surface area contributed by atoms with Crippen LogP contribution in [0.15, 0.2) is 0 Å². The monoisotopic (exact) mass is 242 g/mol. The van der Waals surface area contributed by atoms with Crippen LogP contribution in [-0.2, 0) is 0 Å². The maximum atomic E-state index is 8.71. The number of likely N-dealkylation sites (tertiary alicyclic amines) is 1. The van der Waals surface area contributed by atoms with Gasteiger partial charge in [-0.1, -0.05) is 26.7 Å². The zero-order chi connectivity index (χ0) is 12.5. The molecule has 0 amide bonds. The summed E-state index contributed by atoms with van der Waals surface area (Å²) in [7, 11) is 0. The van der Waals surface area contributed by atoms with Gasteiger partial charge in [-0.25, -0.2) is 0 Å². The van der Waals surface area contributed by atoms with Crippen molar-refractivity contribution in [1.82, 2.24) is 9.80 Å². The molecule has 3 heteroatoms. The molecule has 17 heavy (non-hydrogen) atoms. The largest absolute Gasteiger partial charge is 0.396 e. The number of aliphatic hydroxyl groups excluding tert-OH is 1. The van der Waals surface area contributed by atoms with Crippen molar-refractivity contribution in [2.24, 2.45) is 0 Å². The molecule has 1 fully saturated rings. The maximum absolute atomic E-state index is 8.71. The van der Waals surface area contributed by atoms with Crippen molar-refractivity contribution < 1.29 is 5.11 Å². The van der Waals surface area contributed by atoms with Gasteiger partial charge in [0.1, 0.15) is 0 Å². The van der Waals surface area contributed by atoms with E-state index in [2.05, 4.69) is 23.6 Å². The second-order valence-corrected chi connectivity index (χ2v) is 5.10. The van der Waals surface area contributed by atoms with Crippen LogP contribution in [0.3, 0.4) is 0 Å². The molecule has 1 rings (SSSR count). The van der Waals surface area contributed by atoms with Gasteiger partial charge >= 0.3 is 0 Å². The van der Waals surface area contributed by atoms with E-state index in [1.165, 1.54) is 58.4 Å². The molecular weight excluding hydrogens is 212 g/mol. The molecule has 1 heterocycles. The minimum absolute atomic E-state index is 0.355. The van der Waals surface area contributed by atoms with E-state index < -0.39 is 0 Å². The molecule has 0 saturated carbocycles. The van der Waals surface area contributed by atoms with E-state index in [1.807, 2.05) is 0 Å². The fourth-order valence-corrected chi connectivity index (χ4v) is 2.85. The number of likely N-dealkylation sites (N-methyl/N-ethyl adjacent to an activating group) is 1. The van der Waals surface area contributed by atoms with Crippen molar-refractivity contribution in [3.63, 3.8) is 0 Å². The Balaban J connectivity index is 2.09. The molecule has 102 valence electrons. The highest BCUT2D eigenvalue weighted by atomic mass is 16.2. The van der Waals surface area contributed by atoms with E-state index in [0.717, 1.165) is 12.5 Å². The Morgan fingerprint density at radius 1 is 1.12 bits per heavy atom. The Morgan fingerprint density at radius 2 is 1.82 bits per heavy atom. The van der Waals surface area contributed by atoms with E-state index in [0.29, 0.717) is 6.61 Å². The van der Waals surface area contributed by atoms with Gasteiger partial charge in [0.25, 0.3) is 0 Å². The van der Waals surface area contributed by atoms with Crippen molar-refractivity contribution in [1.29, 1.82) is 0 Å². The Kier molecular flexibility index (Phi) is 7.82. The number of aliphatic hydroxyl groups is 1. The van der Waals surface area contributed by atoms with E-state index in [9.17, 15) is 0 Å². The third kappa shape index (κ3) is 5.36. The molecule has 0 aromatic rings. The summed E-state index contributed by atoms with van der Waals surface area (Å²) >= 11 is 0. The van der Waals surface area contributed by atoms with Crippen LogP contribution >= 0.6 is 0 Å². The second-order valence-electron chi connectivity index (χ2n) is 5.10. The Labute approximate surface area is 107 Å². The molecule has 0 aromatic heterocycles. The van der Waals surface area contributed by atoms with E-state index in [-0.39, 0.29) is 0 Å². The third-order valence-electron chi connectivity index (χ3n) is 3.96. The van der Waals surface area contributed by atoms with E-state index in [1.54, 1.807) is 0 Å². The minimum Gasteiger partial charge on any atom is -0.396 e. The highest BCUT2D eigenvalue weighted by Crippen LogP contribution is 2.16. The second kappa shape index (κ2) is 8.90. The van der Waals surface area contributed by atoms with Crippen molar-refractivity contribution >= 4 is 0 Å². The molecule has 0 spiro atoms. The zero-order valence-electron chi connectivity index (χ0n) is 11.7. The van der Waals surface area contributed by atoms with Gasteiger partial charge in [0.05, 0.1) is 0 Å². The fourth-order valence-electron chi connectivity index (χ4n) is 2.85. The van der Waals surface area contributed by atoms with Crippen molar-refractivity contribution in [2.45, 2.75) is 52.0 Å². The topological polar surface area (TPSA) is 26.7 Å². The number of nitrogens with zero attached hydrogens (tertiary/aromatic N) is 2. The van der Waals surface area contributed by atoms with E-state index >= 15 is 0 Å². The summed E-state index contributed by atoms with van der Waals surface area (Å²) < 4.78 is 0. The molecular formula is C14H30N2O. The van der Waals surface area contributed by atoms with Crippen LogP contribution in [0.1, 0.15) is 46.0 Å². The lowest BCUT2D eigenvalue weighted by Crippen LogP contribution is -2.37. The predicted molar refractivity (Wildman–Crippen MR) is 73.3 cm³/mol. The van der Waals surface area contributed by atoms with Gasteiger partial charge in [-0.15, -0.1) is 0 Å². The first-order valence-corrected chi connectivity index (χ1v) is 7.39. The quantitative estimate of drug-likeness (QED) is 0.626. The zero-order valence-corrected chi connectivity index (χ0v) is 11.7. The molecule has 1 N–H and O–H groups in total. The Hall–Kier alpha value is -0.120. The summed E-state index contributed by atoms with van der Waals surface area (Å²) in [5, 5.41) is 8.71. The van der Waals surface area contributed by atoms with Gasteiger partial charge < -0.3 is 10.0 Å². The maximum Gasteiger partial charge on any atom is 0.0431 e. The standard InChI is InChI=1S/C14H30N2O/c1-3-16(4-2)14-9-11-15(13-14)10-7-5-6-8-12-17/h14,17H,3-13H2,1-2H3. The summed E-state index contributed by atoms with van der Waals surface area (Å²) in [5.74, 6) is 0. The van der Waals surface area contributed by atoms with Crippen LogP contribution in [0.5, 0.6) is 0 Å². The number of rotatable bonds is 9. The summed E-state index contributed by atoms with van der Waals surface area (Å²) in [4.78, 5) is 5.20. The third-order valence-corrected chi connectivity index (χ3v) is 3.96. The normalized spacial score (nSPS) is 21.5. The number of unbranched alkanes of at least 4 members (excludes halogenated alkanes) is 3. The molecule has 0 aromatic carbocycles. The highest BCUT2D eigenvalue weighted by Gasteiger charge is 2.25. The first-order valence-electron chi connectivity index (χ1n) is 7.39. The first kappa shape index (κ1) is 14.9. The van der Waals surface area contributed by atoms with E-state index in [4.69, 9.17) is 5.11 Å². The van der Waals surface area contributed by atoms with Crippen LogP contribution in [0.4, 0.5) is 0 Å².